The summed E-state index contributed by atoms with van der Waals surface area (Å²) < 4.78 is 5.14. The monoisotopic (exact) mass is 440 g/mol. The van der Waals surface area contributed by atoms with Crippen molar-refractivity contribution in [3.05, 3.63) is 65.2 Å². The Kier molecular flexibility index (Phi) is 7.99. The van der Waals surface area contributed by atoms with Crippen molar-refractivity contribution in [2.45, 2.75) is 13.8 Å². The van der Waals surface area contributed by atoms with Gasteiger partial charge in [-0.05, 0) is 12.1 Å². The number of piperazine rings is 1. The Morgan fingerprint density at radius 1 is 1.07 bits per heavy atom. The van der Waals surface area contributed by atoms with Crippen molar-refractivity contribution in [2.24, 2.45) is 0 Å². The average Bonchev–Trinajstić information content (AvgIpc) is 2.67. The van der Waals surface area contributed by atoms with Crippen LogP contribution < -0.4 is 4.90 Å². The van der Waals surface area contributed by atoms with E-state index in [0.29, 0.717) is 18.7 Å². The first-order valence-corrected chi connectivity index (χ1v) is 8.78. The van der Waals surface area contributed by atoms with Crippen molar-refractivity contribution in [3.8, 4) is 0 Å². The minimum atomic E-state index is -0.470. The third kappa shape index (κ3) is 5.63. The van der Waals surface area contributed by atoms with Crippen molar-refractivity contribution in [1.82, 2.24) is 4.90 Å². The number of nitrogens with zero attached hydrogens (tertiary/aromatic N) is 2. The van der Waals surface area contributed by atoms with Gasteiger partial charge in [-0.1, -0.05) is 37.7 Å². The first kappa shape index (κ1) is 21.6. The van der Waals surface area contributed by atoms with E-state index in [2.05, 4.69) is 30.9 Å². The van der Waals surface area contributed by atoms with Crippen LogP contribution in [-0.2, 0) is 42.2 Å². The number of rotatable bonds is 4. The molecule has 0 aromatic heterocycles. The van der Waals surface area contributed by atoms with Crippen LogP contribution in [0.2, 0.25) is 0 Å². The molecule has 2 aromatic carbocycles. The van der Waals surface area contributed by atoms with Gasteiger partial charge in [-0.25, -0.2) is 4.79 Å². The summed E-state index contributed by atoms with van der Waals surface area (Å²) in [5.74, 6) is -0.624. The van der Waals surface area contributed by atoms with Crippen molar-refractivity contribution in [3.63, 3.8) is 0 Å². The second-order valence-corrected chi connectivity index (χ2v) is 6.52. The van der Waals surface area contributed by atoms with Gasteiger partial charge in [0.05, 0.1) is 5.56 Å². The van der Waals surface area contributed by atoms with Crippen LogP contribution in [0, 0.1) is 19.9 Å². The SMILES string of the molecule is Cc1c[c-]c(N2CCN(C(=O)COC(=O)c3ccccc3)CC2)c(C)c1.[Y+3]. The molecule has 1 amide bonds. The molecule has 0 saturated carbocycles. The normalized spacial score (nSPS) is 13.7. The van der Waals surface area contributed by atoms with Gasteiger partial charge in [0.2, 0.25) is 0 Å². The van der Waals surface area contributed by atoms with Gasteiger partial charge in [0.15, 0.2) is 6.61 Å². The minimum Gasteiger partial charge on any atom is -0.452 e. The van der Waals surface area contributed by atoms with Crippen molar-refractivity contribution < 1.29 is 47.0 Å². The van der Waals surface area contributed by atoms with E-state index in [1.807, 2.05) is 12.1 Å². The molecule has 0 unspecified atom stereocenters. The number of hydrogen-bond donors (Lipinski definition) is 0. The van der Waals surface area contributed by atoms with Crippen LogP contribution in [0.4, 0.5) is 5.69 Å². The molecular weight excluding hydrogens is 417 g/mol. The molecule has 0 spiro atoms. The standard InChI is InChI=1S/C21H23N2O3.Y/c1-16-8-9-19(17(2)14-16)22-10-12-23(13-11-22)20(24)15-26-21(25)18-6-4-3-5-7-18;/h3-8,14H,10-13,15H2,1-2H3;/q-1;+3. The zero-order chi connectivity index (χ0) is 18.5. The van der Waals surface area contributed by atoms with Crippen molar-refractivity contribution in [1.29, 1.82) is 0 Å². The van der Waals surface area contributed by atoms with Crippen LogP contribution >= 0.6 is 0 Å². The number of hydrogen-bond acceptors (Lipinski definition) is 4. The van der Waals surface area contributed by atoms with Gasteiger partial charge >= 0.3 is 38.7 Å². The van der Waals surface area contributed by atoms with Gasteiger partial charge in [-0.15, -0.1) is 5.56 Å². The van der Waals surface area contributed by atoms with Crippen LogP contribution in [0.15, 0.2) is 42.5 Å². The third-order valence-corrected chi connectivity index (χ3v) is 4.54. The number of carbonyl (C=O) groups excluding carboxylic acids is 2. The molecule has 0 N–H and O–H groups in total. The Balaban J connectivity index is 0.00000261. The second-order valence-electron chi connectivity index (χ2n) is 6.52. The molecule has 2 aromatic rings. The van der Waals surface area contributed by atoms with E-state index in [1.54, 1.807) is 29.2 Å². The molecule has 0 bridgehead atoms. The van der Waals surface area contributed by atoms with Gasteiger partial charge < -0.3 is 14.5 Å². The number of amides is 1. The molecule has 0 aliphatic carbocycles. The molecule has 1 aliphatic rings. The number of esters is 1. The summed E-state index contributed by atoms with van der Waals surface area (Å²) in [5, 5.41) is 0. The maximum Gasteiger partial charge on any atom is 3.00 e. The third-order valence-electron chi connectivity index (χ3n) is 4.54. The van der Waals surface area contributed by atoms with E-state index < -0.39 is 5.97 Å². The Morgan fingerprint density at radius 2 is 1.74 bits per heavy atom. The fourth-order valence-corrected chi connectivity index (χ4v) is 3.14. The van der Waals surface area contributed by atoms with Crippen LogP contribution in [0.3, 0.4) is 0 Å². The molecule has 5 nitrogen and oxygen atoms in total. The quantitative estimate of drug-likeness (QED) is 0.542. The van der Waals surface area contributed by atoms with Gasteiger partial charge in [0.1, 0.15) is 0 Å². The van der Waals surface area contributed by atoms with Crippen molar-refractivity contribution in [2.75, 3.05) is 37.7 Å². The van der Waals surface area contributed by atoms with Gasteiger partial charge in [-0.3, -0.25) is 4.79 Å². The summed E-state index contributed by atoms with van der Waals surface area (Å²) in [6, 6.07) is 16.2. The van der Waals surface area contributed by atoms with Crippen LogP contribution in [-0.4, -0.2) is 49.6 Å². The fraction of sp³-hybridized carbons (Fsp3) is 0.333. The van der Waals surface area contributed by atoms with E-state index in [9.17, 15) is 9.59 Å². The number of carbonyl (C=O) groups is 2. The zero-order valence-electron chi connectivity index (χ0n) is 15.8. The van der Waals surface area contributed by atoms with Gasteiger partial charge in [-0.2, -0.15) is 23.8 Å². The Bertz CT molecular complexity index is 787. The Hall–Kier alpha value is -1.72. The predicted molar refractivity (Wildman–Crippen MR) is 100 cm³/mol. The molecule has 1 saturated heterocycles. The molecule has 6 heteroatoms. The Morgan fingerprint density at radius 3 is 2.37 bits per heavy atom. The summed E-state index contributed by atoms with van der Waals surface area (Å²) >= 11 is 0. The number of aryl methyl sites for hydroxylation is 2. The number of benzene rings is 2. The van der Waals surface area contributed by atoms with E-state index in [4.69, 9.17) is 4.74 Å². The van der Waals surface area contributed by atoms with Crippen LogP contribution in [0.25, 0.3) is 0 Å². The molecule has 3 rings (SSSR count). The minimum absolute atomic E-state index is 0. The van der Waals surface area contributed by atoms with Crippen LogP contribution in [0.5, 0.6) is 0 Å². The molecule has 136 valence electrons. The zero-order valence-corrected chi connectivity index (χ0v) is 18.6. The summed E-state index contributed by atoms with van der Waals surface area (Å²) in [4.78, 5) is 28.2. The topological polar surface area (TPSA) is 49.9 Å². The second kappa shape index (κ2) is 10.0. The summed E-state index contributed by atoms with van der Waals surface area (Å²) in [6.45, 7) is 6.65. The van der Waals surface area contributed by atoms with E-state index in [0.717, 1.165) is 18.8 Å². The van der Waals surface area contributed by atoms with Gasteiger partial charge in [0.25, 0.3) is 5.91 Å². The smallest absolute Gasteiger partial charge is 0.452 e. The average molecular weight is 440 g/mol. The Labute approximate surface area is 185 Å². The summed E-state index contributed by atoms with van der Waals surface area (Å²) in [6.07, 6.45) is 0. The van der Waals surface area contributed by atoms with E-state index >= 15 is 0 Å². The summed E-state index contributed by atoms with van der Waals surface area (Å²) in [5.41, 5.74) is 3.94. The molecule has 1 heterocycles. The molecular formula is C21H23N2O3Y+2. The van der Waals surface area contributed by atoms with Crippen molar-refractivity contribution >= 4 is 17.6 Å². The fourth-order valence-electron chi connectivity index (χ4n) is 3.14. The van der Waals surface area contributed by atoms with Gasteiger partial charge in [0, 0.05) is 26.2 Å². The molecule has 27 heavy (non-hydrogen) atoms. The molecule has 1 aliphatic heterocycles. The largest absolute Gasteiger partial charge is 3.00 e. The molecule has 0 atom stereocenters. The first-order valence-electron chi connectivity index (χ1n) is 8.78. The maximum atomic E-state index is 12.3. The van der Waals surface area contributed by atoms with Crippen LogP contribution in [0.1, 0.15) is 21.5 Å². The predicted octanol–water partition coefficient (Wildman–Crippen LogP) is 2.61. The molecule has 0 radical (unpaired) electrons. The first-order chi connectivity index (χ1) is 12.5. The number of anilines is 1. The summed E-state index contributed by atoms with van der Waals surface area (Å²) in [7, 11) is 0. The van der Waals surface area contributed by atoms with E-state index in [-0.39, 0.29) is 45.2 Å². The molecule has 1 fully saturated rings. The van der Waals surface area contributed by atoms with E-state index in [1.165, 1.54) is 11.1 Å². The number of ether oxygens (including phenoxy) is 1. The maximum absolute atomic E-state index is 12.3.